The van der Waals surface area contributed by atoms with Crippen molar-refractivity contribution in [3.8, 4) is 0 Å². The zero-order chi connectivity index (χ0) is 19.8. The van der Waals surface area contributed by atoms with Gasteiger partial charge in [-0.15, -0.1) is 0 Å². The molecule has 146 valence electrons. The summed E-state index contributed by atoms with van der Waals surface area (Å²) in [6.45, 7) is 7.18. The molecule has 0 spiro atoms. The Morgan fingerprint density at radius 3 is 2.44 bits per heavy atom. The van der Waals surface area contributed by atoms with Gasteiger partial charge in [0.2, 0.25) is 11.8 Å². The number of carbonyl (C=O) groups is 3. The summed E-state index contributed by atoms with van der Waals surface area (Å²) in [6, 6.07) is 9.48. The summed E-state index contributed by atoms with van der Waals surface area (Å²) in [6.07, 6.45) is -0.728. The highest BCUT2D eigenvalue weighted by molar-refractivity contribution is 5.97. The Balaban J connectivity index is 1.77. The van der Waals surface area contributed by atoms with E-state index in [1.807, 2.05) is 30.3 Å². The van der Waals surface area contributed by atoms with Gasteiger partial charge in [0.15, 0.2) is 0 Å². The molecule has 1 aromatic rings. The van der Waals surface area contributed by atoms with Crippen LogP contribution in [0.1, 0.15) is 32.8 Å². The maximum atomic E-state index is 13.0. The Kier molecular flexibility index (Phi) is 5.24. The van der Waals surface area contributed by atoms with Gasteiger partial charge in [-0.1, -0.05) is 30.3 Å². The molecule has 0 bridgehead atoms. The van der Waals surface area contributed by atoms with Crippen LogP contribution in [0.3, 0.4) is 0 Å². The molecular formula is C20H27N3O4. The number of primary amides is 1. The van der Waals surface area contributed by atoms with E-state index in [9.17, 15) is 14.4 Å². The van der Waals surface area contributed by atoms with Crippen LogP contribution in [0, 0.1) is 11.8 Å². The van der Waals surface area contributed by atoms with Crippen molar-refractivity contribution >= 4 is 17.9 Å². The van der Waals surface area contributed by atoms with Crippen LogP contribution in [-0.2, 0) is 20.9 Å². The maximum absolute atomic E-state index is 13.0. The predicted molar refractivity (Wildman–Crippen MR) is 99.4 cm³/mol. The minimum absolute atomic E-state index is 0.0364. The number of likely N-dealkylation sites (tertiary alicyclic amines) is 2. The topological polar surface area (TPSA) is 92.9 Å². The number of rotatable bonds is 4. The molecule has 2 N–H and O–H groups in total. The fourth-order valence-corrected chi connectivity index (χ4v) is 4.05. The van der Waals surface area contributed by atoms with E-state index in [2.05, 4.69) is 4.90 Å². The van der Waals surface area contributed by atoms with Crippen LogP contribution in [0.4, 0.5) is 4.79 Å². The van der Waals surface area contributed by atoms with Gasteiger partial charge in [0.25, 0.3) is 0 Å². The highest BCUT2D eigenvalue weighted by atomic mass is 16.6. The summed E-state index contributed by atoms with van der Waals surface area (Å²) >= 11 is 0. The molecule has 7 nitrogen and oxygen atoms in total. The van der Waals surface area contributed by atoms with Gasteiger partial charge in [-0.05, 0) is 26.3 Å². The van der Waals surface area contributed by atoms with E-state index < -0.39 is 23.6 Å². The number of benzene rings is 1. The Morgan fingerprint density at radius 1 is 1.19 bits per heavy atom. The number of hydrogen-bond donors (Lipinski definition) is 1. The lowest BCUT2D eigenvalue weighted by molar-refractivity contribution is -0.131. The van der Waals surface area contributed by atoms with E-state index in [4.69, 9.17) is 10.5 Å². The minimum atomic E-state index is -0.717. The Bertz CT molecular complexity index is 728. The Hall–Kier alpha value is -2.41. The van der Waals surface area contributed by atoms with Crippen molar-refractivity contribution in [1.29, 1.82) is 0 Å². The summed E-state index contributed by atoms with van der Waals surface area (Å²) in [4.78, 5) is 40.5. The SMILES string of the molecule is CC(C)(C)OC(=O)N1C(=O)[C@@H]2CN(Cc3ccccc3)C[C@@H]2[C@H]1CC(N)=O. The van der Waals surface area contributed by atoms with Crippen LogP contribution in [0.5, 0.6) is 0 Å². The van der Waals surface area contributed by atoms with E-state index in [-0.39, 0.29) is 24.2 Å². The van der Waals surface area contributed by atoms with Crippen molar-refractivity contribution in [3.05, 3.63) is 35.9 Å². The van der Waals surface area contributed by atoms with Gasteiger partial charge in [-0.2, -0.15) is 0 Å². The Morgan fingerprint density at radius 2 is 1.85 bits per heavy atom. The summed E-state index contributed by atoms with van der Waals surface area (Å²) in [5.74, 6) is -1.22. The van der Waals surface area contributed by atoms with Gasteiger partial charge in [0, 0.05) is 32.0 Å². The molecule has 1 aromatic carbocycles. The van der Waals surface area contributed by atoms with Crippen LogP contribution in [-0.4, -0.2) is 52.4 Å². The second kappa shape index (κ2) is 7.31. The van der Waals surface area contributed by atoms with Crippen molar-refractivity contribution in [2.24, 2.45) is 17.6 Å². The van der Waals surface area contributed by atoms with E-state index >= 15 is 0 Å². The average Bonchev–Trinajstić information content (AvgIpc) is 3.05. The first kappa shape index (κ1) is 19.4. The second-order valence-corrected chi connectivity index (χ2v) is 8.38. The lowest BCUT2D eigenvalue weighted by Crippen LogP contribution is -2.46. The number of hydrogen-bond acceptors (Lipinski definition) is 5. The van der Waals surface area contributed by atoms with E-state index in [0.717, 1.165) is 11.4 Å². The van der Waals surface area contributed by atoms with Gasteiger partial charge in [-0.25, -0.2) is 9.69 Å². The highest BCUT2D eigenvalue weighted by Gasteiger charge is 2.55. The van der Waals surface area contributed by atoms with Crippen molar-refractivity contribution in [3.63, 3.8) is 0 Å². The smallest absolute Gasteiger partial charge is 0.417 e. The summed E-state index contributed by atoms with van der Waals surface area (Å²) in [5, 5.41) is 0. The standard InChI is InChI=1S/C20H27N3O4/c1-20(2,3)27-19(26)23-16(9-17(21)24)14-11-22(12-15(14)18(23)25)10-13-7-5-4-6-8-13/h4-8,14-16H,9-12H2,1-3H3,(H2,21,24)/t14-,15+,16+/m0/s1. The molecule has 7 heteroatoms. The fourth-order valence-electron chi connectivity index (χ4n) is 4.05. The van der Waals surface area contributed by atoms with Crippen molar-refractivity contribution in [2.75, 3.05) is 13.1 Å². The number of fused-ring (bicyclic) bond motifs is 1. The molecule has 3 atom stereocenters. The molecule has 2 aliphatic heterocycles. The molecule has 0 unspecified atom stereocenters. The molecule has 2 fully saturated rings. The van der Waals surface area contributed by atoms with Crippen LogP contribution in [0.2, 0.25) is 0 Å². The van der Waals surface area contributed by atoms with Gasteiger partial charge >= 0.3 is 6.09 Å². The van der Waals surface area contributed by atoms with E-state index in [1.54, 1.807) is 20.8 Å². The molecule has 3 rings (SSSR count). The van der Waals surface area contributed by atoms with Crippen molar-refractivity contribution in [1.82, 2.24) is 9.80 Å². The summed E-state index contributed by atoms with van der Waals surface area (Å²) < 4.78 is 5.39. The monoisotopic (exact) mass is 373 g/mol. The van der Waals surface area contributed by atoms with Crippen LogP contribution < -0.4 is 5.73 Å². The van der Waals surface area contributed by atoms with Crippen molar-refractivity contribution < 1.29 is 19.1 Å². The van der Waals surface area contributed by atoms with Crippen LogP contribution >= 0.6 is 0 Å². The number of carbonyl (C=O) groups excluding carboxylic acids is 3. The normalized spacial score (nSPS) is 25.5. The molecule has 0 aromatic heterocycles. The van der Waals surface area contributed by atoms with Gasteiger partial charge < -0.3 is 10.5 Å². The lowest BCUT2D eigenvalue weighted by Gasteiger charge is -2.29. The molecular weight excluding hydrogens is 346 g/mol. The molecule has 0 aliphatic carbocycles. The summed E-state index contributed by atoms with van der Waals surface area (Å²) in [5.41, 5.74) is 5.86. The first-order chi connectivity index (χ1) is 12.7. The molecule has 27 heavy (non-hydrogen) atoms. The summed E-state index contributed by atoms with van der Waals surface area (Å²) in [7, 11) is 0. The molecule has 0 radical (unpaired) electrons. The predicted octanol–water partition coefficient (Wildman–Crippen LogP) is 1.76. The number of ether oxygens (including phenoxy) is 1. The third-order valence-electron chi connectivity index (χ3n) is 5.07. The lowest BCUT2D eigenvalue weighted by atomic mass is 9.92. The minimum Gasteiger partial charge on any atom is -0.443 e. The number of imide groups is 1. The van der Waals surface area contributed by atoms with Crippen LogP contribution in [0.25, 0.3) is 0 Å². The van der Waals surface area contributed by atoms with Gasteiger partial charge in [0.1, 0.15) is 5.60 Å². The highest BCUT2D eigenvalue weighted by Crippen LogP contribution is 2.39. The largest absolute Gasteiger partial charge is 0.443 e. The zero-order valence-electron chi connectivity index (χ0n) is 16.1. The Labute approximate surface area is 159 Å². The zero-order valence-corrected chi connectivity index (χ0v) is 16.1. The average molecular weight is 373 g/mol. The van der Waals surface area contributed by atoms with Gasteiger partial charge in [-0.3, -0.25) is 14.5 Å². The molecule has 3 amide bonds. The second-order valence-electron chi connectivity index (χ2n) is 8.38. The maximum Gasteiger partial charge on any atom is 0.417 e. The number of nitrogens with two attached hydrogens (primary N) is 1. The molecule has 2 heterocycles. The molecule has 0 saturated carbocycles. The third-order valence-corrected chi connectivity index (χ3v) is 5.07. The molecule has 2 aliphatic rings. The number of nitrogens with zero attached hydrogens (tertiary/aromatic N) is 2. The number of amides is 3. The van der Waals surface area contributed by atoms with E-state index in [1.165, 1.54) is 5.56 Å². The first-order valence-electron chi connectivity index (χ1n) is 9.26. The van der Waals surface area contributed by atoms with Crippen molar-refractivity contribution in [2.45, 2.75) is 45.4 Å². The van der Waals surface area contributed by atoms with Gasteiger partial charge in [0.05, 0.1) is 12.0 Å². The first-order valence-corrected chi connectivity index (χ1v) is 9.26. The fraction of sp³-hybridized carbons (Fsp3) is 0.550. The molecule has 2 saturated heterocycles. The quantitative estimate of drug-likeness (QED) is 0.868. The van der Waals surface area contributed by atoms with Crippen LogP contribution in [0.15, 0.2) is 30.3 Å². The van der Waals surface area contributed by atoms with E-state index in [0.29, 0.717) is 13.1 Å². The third kappa shape index (κ3) is 4.30.